The fraction of sp³-hybridized carbons (Fsp3) is 0.600. The normalized spacial score (nSPS) is 18.9. The average molecular weight is 326 g/mol. The van der Waals surface area contributed by atoms with Gasteiger partial charge in [0, 0.05) is 31.1 Å². The van der Waals surface area contributed by atoms with Crippen LogP contribution in [0, 0.1) is 22.0 Å². The van der Waals surface area contributed by atoms with Crippen LogP contribution in [0.3, 0.4) is 0 Å². The molecule has 0 spiro atoms. The second-order valence-electron chi connectivity index (χ2n) is 6.41. The minimum absolute atomic E-state index is 0.206. The van der Waals surface area contributed by atoms with Gasteiger partial charge in [0.05, 0.1) is 4.92 Å². The topological polar surface area (TPSA) is 80.5 Å². The molecule has 6 nitrogen and oxygen atoms in total. The smallest absolute Gasteiger partial charge is 0.288 e. The predicted molar refractivity (Wildman–Crippen MR) is 86.0 cm³/mol. The highest BCUT2D eigenvalue weighted by Gasteiger charge is 2.27. The average Bonchev–Trinajstić information content (AvgIpc) is 2.84. The van der Waals surface area contributed by atoms with Crippen molar-refractivity contribution in [2.75, 3.05) is 24.2 Å². The van der Waals surface area contributed by atoms with E-state index in [-0.39, 0.29) is 10.6 Å². The Kier molecular flexibility index (Phi) is 4.75. The van der Waals surface area contributed by atoms with Gasteiger partial charge in [0.2, 0.25) is 0 Å². The molecule has 122 valence electrons. The van der Waals surface area contributed by atoms with E-state index < -0.39 is 14.8 Å². The quantitative estimate of drug-likeness (QED) is 0.614. The van der Waals surface area contributed by atoms with Crippen molar-refractivity contribution in [1.29, 1.82) is 0 Å². The number of anilines is 1. The van der Waals surface area contributed by atoms with E-state index in [0.717, 1.165) is 37.9 Å². The van der Waals surface area contributed by atoms with Crippen LogP contribution in [0.25, 0.3) is 0 Å². The fourth-order valence-corrected chi connectivity index (χ4v) is 3.93. The van der Waals surface area contributed by atoms with E-state index in [2.05, 4.69) is 18.7 Å². The van der Waals surface area contributed by atoms with Crippen molar-refractivity contribution in [2.45, 2.75) is 31.6 Å². The van der Waals surface area contributed by atoms with Crippen molar-refractivity contribution in [2.24, 2.45) is 11.8 Å². The minimum Gasteiger partial charge on any atom is -0.371 e. The van der Waals surface area contributed by atoms with Gasteiger partial charge in [0.25, 0.3) is 5.69 Å². The van der Waals surface area contributed by atoms with Gasteiger partial charge in [-0.1, -0.05) is 13.8 Å². The molecular weight excluding hydrogens is 304 g/mol. The first-order valence-corrected chi connectivity index (χ1v) is 9.31. The van der Waals surface area contributed by atoms with Crippen molar-refractivity contribution in [3.8, 4) is 0 Å². The van der Waals surface area contributed by atoms with E-state index in [4.69, 9.17) is 0 Å². The Morgan fingerprint density at radius 2 is 2.09 bits per heavy atom. The van der Waals surface area contributed by atoms with Crippen LogP contribution >= 0.6 is 0 Å². The molecule has 0 aromatic heterocycles. The first-order chi connectivity index (χ1) is 10.2. The molecule has 0 bridgehead atoms. The molecule has 1 heterocycles. The van der Waals surface area contributed by atoms with Crippen molar-refractivity contribution in [3.63, 3.8) is 0 Å². The summed E-state index contributed by atoms with van der Waals surface area (Å²) in [5.74, 6) is 1.23. The second-order valence-corrected chi connectivity index (χ2v) is 8.40. The summed E-state index contributed by atoms with van der Waals surface area (Å²) >= 11 is 0. The Balaban J connectivity index is 2.29. The van der Waals surface area contributed by atoms with Crippen LogP contribution in [0.5, 0.6) is 0 Å². The molecule has 2 rings (SSSR count). The molecule has 0 N–H and O–H groups in total. The number of hydrogen-bond donors (Lipinski definition) is 0. The zero-order chi connectivity index (χ0) is 16.5. The van der Waals surface area contributed by atoms with E-state index in [1.54, 1.807) is 6.07 Å². The van der Waals surface area contributed by atoms with Gasteiger partial charge in [-0.25, -0.2) is 8.42 Å². The molecule has 1 aromatic carbocycles. The van der Waals surface area contributed by atoms with Crippen LogP contribution in [0.2, 0.25) is 0 Å². The zero-order valence-corrected chi connectivity index (χ0v) is 14.0. The molecule has 1 fully saturated rings. The van der Waals surface area contributed by atoms with Crippen molar-refractivity contribution >= 4 is 21.2 Å². The number of benzene rings is 1. The fourth-order valence-electron chi connectivity index (χ4n) is 3.07. The number of nitro groups is 1. The van der Waals surface area contributed by atoms with E-state index in [1.165, 1.54) is 12.1 Å². The maximum atomic E-state index is 11.8. The number of hydrogen-bond acceptors (Lipinski definition) is 5. The lowest BCUT2D eigenvalue weighted by molar-refractivity contribution is -0.387. The van der Waals surface area contributed by atoms with Gasteiger partial charge in [-0.2, -0.15) is 0 Å². The molecule has 1 aliphatic rings. The monoisotopic (exact) mass is 326 g/mol. The van der Waals surface area contributed by atoms with Crippen molar-refractivity contribution in [3.05, 3.63) is 28.3 Å². The van der Waals surface area contributed by atoms with Crippen LogP contribution < -0.4 is 4.90 Å². The molecule has 0 radical (unpaired) electrons. The molecule has 7 heteroatoms. The number of nitro benzene ring substituents is 1. The molecule has 1 aliphatic heterocycles. The second kappa shape index (κ2) is 6.24. The maximum Gasteiger partial charge on any atom is 0.288 e. The molecule has 0 aliphatic carbocycles. The third kappa shape index (κ3) is 3.76. The Morgan fingerprint density at radius 3 is 2.64 bits per heavy atom. The van der Waals surface area contributed by atoms with Crippen LogP contribution in [-0.4, -0.2) is 32.7 Å². The van der Waals surface area contributed by atoms with Gasteiger partial charge >= 0.3 is 0 Å². The highest BCUT2D eigenvalue weighted by Crippen LogP contribution is 2.32. The predicted octanol–water partition coefficient (Wildman–Crippen LogP) is 2.87. The van der Waals surface area contributed by atoms with Crippen molar-refractivity contribution in [1.82, 2.24) is 0 Å². The van der Waals surface area contributed by atoms with Gasteiger partial charge in [-0.3, -0.25) is 10.1 Å². The van der Waals surface area contributed by atoms with Gasteiger partial charge in [0.15, 0.2) is 9.84 Å². The largest absolute Gasteiger partial charge is 0.371 e. The summed E-state index contributed by atoms with van der Waals surface area (Å²) in [4.78, 5) is 12.3. The van der Waals surface area contributed by atoms with E-state index in [1.807, 2.05) is 0 Å². The van der Waals surface area contributed by atoms with Crippen molar-refractivity contribution < 1.29 is 13.3 Å². The van der Waals surface area contributed by atoms with E-state index in [9.17, 15) is 18.5 Å². The Hall–Kier alpha value is -1.63. The SMILES string of the molecule is CC(C)CC1CCN(c2ccc([N+](=O)[O-])c(S(C)(=O)=O)c2)C1. The lowest BCUT2D eigenvalue weighted by Crippen LogP contribution is -2.20. The zero-order valence-electron chi connectivity index (χ0n) is 13.2. The highest BCUT2D eigenvalue weighted by atomic mass is 32.2. The standard InChI is InChI=1S/C15H22N2O4S/c1-11(2)8-12-6-7-16(10-12)13-4-5-14(17(18)19)15(9-13)22(3,20)21/h4-5,9,11-12H,6-8,10H2,1-3H3. The molecule has 1 saturated heterocycles. The molecule has 1 atom stereocenters. The Morgan fingerprint density at radius 1 is 1.41 bits per heavy atom. The van der Waals surface area contributed by atoms with Gasteiger partial charge in [0.1, 0.15) is 4.90 Å². The third-order valence-electron chi connectivity index (χ3n) is 4.00. The lowest BCUT2D eigenvalue weighted by atomic mass is 9.97. The summed E-state index contributed by atoms with van der Waals surface area (Å²) in [6.07, 6.45) is 3.22. The number of nitrogens with zero attached hydrogens (tertiary/aromatic N) is 2. The van der Waals surface area contributed by atoms with Gasteiger partial charge in [-0.05, 0) is 36.8 Å². The summed E-state index contributed by atoms with van der Waals surface area (Å²) in [5, 5.41) is 11.0. The first-order valence-electron chi connectivity index (χ1n) is 7.42. The summed E-state index contributed by atoms with van der Waals surface area (Å²) in [5.41, 5.74) is 0.390. The van der Waals surface area contributed by atoms with Gasteiger partial charge < -0.3 is 4.90 Å². The minimum atomic E-state index is -3.63. The summed E-state index contributed by atoms with van der Waals surface area (Å²) in [6, 6.07) is 4.37. The van der Waals surface area contributed by atoms with Crippen LogP contribution in [0.1, 0.15) is 26.7 Å². The summed E-state index contributed by atoms with van der Waals surface area (Å²) in [6.45, 7) is 6.12. The third-order valence-corrected chi connectivity index (χ3v) is 5.12. The molecule has 1 aromatic rings. The molecule has 22 heavy (non-hydrogen) atoms. The van der Waals surface area contributed by atoms with Crippen LogP contribution in [0.15, 0.2) is 23.1 Å². The summed E-state index contributed by atoms with van der Waals surface area (Å²) < 4.78 is 23.6. The van der Waals surface area contributed by atoms with Crippen LogP contribution in [-0.2, 0) is 9.84 Å². The highest BCUT2D eigenvalue weighted by molar-refractivity contribution is 7.90. The molecule has 0 saturated carbocycles. The summed E-state index contributed by atoms with van der Waals surface area (Å²) in [7, 11) is -3.63. The molecule has 1 unspecified atom stereocenters. The number of sulfone groups is 1. The lowest BCUT2D eigenvalue weighted by Gasteiger charge is -2.20. The first kappa shape index (κ1) is 16.7. The van der Waals surface area contributed by atoms with Gasteiger partial charge in [-0.15, -0.1) is 0 Å². The molecule has 0 amide bonds. The maximum absolute atomic E-state index is 11.8. The van der Waals surface area contributed by atoms with Crippen LogP contribution in [0.4, 0.5) is 11.4 Å². The Labute approximate surface area is 131 Å². The Bertz CT molecular complexity index is 670. The van der Waals surface area contributed by atoms with E-state index >= 15 is 0 Å². The molecular formula is C15H22N2O4S. The van der Waals surface area contributed by atoms with E-state index in [0.29, 0.717) is 11.8 Å². The number of rotatable bonds is 5.